The SMILES string of the molecule is CCOC(=O)CCc1cc2c([C@@H]3CNC(=O)C34CCCC4)coc2c(OC2CCCCC2)c1O[C@H]1O[C@H](C(O)O)[C@@H](O)[C@H](O)[C@H]1O. The Kier molecular flexibility index (Phi) is 9.79. The lowest BCUT2D eigenvalue weighted by molar-refractivity contribution is -0.310. The van der Waals surface area contributed by atoms with Gasteiger partial charge in [0.25, 0.3) is 0 Å². The number of furan rings is 1. The molecule has 6 N–H and O–H groups in total. The van der Waals surface area contributed by atoms with E-state index in [0.717, 1.165) is 63.4 Å². The van der Waals surface area contributed by atoms with Gasteiger partial charge in [0.1, 0.15) is 24.4 Å². The molecule has 0 bridgehead atoms. The van der Waals surface area contributed by atoms with Crippen molar-refractivity contribution in [3.63, 3.8) is 0 Å². The molecule has 1 aromatic carbocycles. The van der Waals surface area contributed by atoms with Gasteiger partial charge < -0.3 is 54.2 Å². The molecular formula is C33H45NO12. The summed E-state index contributed by atoms with van der Waals surface area (Å²) < 4.78 is 29.9. The van der Waals surface area contributed by atoms with Crippen LogP contribution in [0.2, 0.25) is 0 Å². The number of carbonyl (C=O) groups excluding carboxylic acids is 2. The van der Waals surface area contributed by atoms with Gasteiger partial charge in [-0.2, -0.15) is 0 Å². The van der Waals surface area contributed by atoms with Crippen molar-refractivity contribution in [3.05, 3.63) is 23.5 Å². The van der Waals surface area contributed by atoms with E-state index >= 15 is 0 Å². The van der Waals surface area contributed by atoms with Crippen molar-refractivity contribution in [2.45, 2.75) is 127 Å². The third kappa shape index (κ3) is 6.09. The average molecular weight is 648 g/mol. The van der Waals surface area contributed by atoms with Crippen LogP contribution in [0.5, 0.6) is 11.5 Å². The normalized spacial score (nSPS) is 29.8. The Morgan fingerprint density at radius 1 is 1.02 bits per heavy atom. The first-order chi connectivity index (χ1) is 22.1. The van der Waals surface area contributed by atoms with E-state index in [9.17, 15) is 35.1 Å². The van der Waals surface area contributed by atoms with Crippen LogP contribution < -0.4 is 14.8 Å². The predicted molar refractivity (Wildman–Crippen MR) is 161 cm³/mol. The first-order valence-electron chi connectivity index (χ1n) is 16.5. The summed E-state index contributed by atoms with van der Waals surface area (Å²) in [6.45, 7) is 2.40. The lowest BCUT2D eigenvalue weighted by atomic mass is 9.72. The number of rotatable bonds is 10. The van der Waals surface area contributed by atoms with Crippen LogP contribution in [0.3, 0.4) is 0 Å². The number of hydrogen-bond donors (Lipinski definition) is 6. The molecule has 6 rings (SSSR count). The van der Waals surface area contributed by atoms with E-state index in [1.165, 1.54) is 0 Å². The van der Waals surface area contributed by atoms with Crippen molar-refractivity contribution in [3.8, 4) is 11.5 Å². The summed E-state index contributed by atoms with van der Waals surface area (Å²) in [5.41, 5.74) is 1.19. The van der Waals surface area contributed by atoms with E-state index in [1.807, 2.05) is 6.07 Å². The standard InChI is InChI=1S/C33H45NO12/c1-2-42-22(35)11-10-17-14-19-20(21-15-34-32(41)33(21)12-6-7-13-33)16-43-27(19)29(44-18-8-4-3-5-9-18)26(17)45-31-25(38)23(36)24(37)28(46-31)30(39)40/h14,16,18,21,23-25,28,30-31,36-40H,2-13,15H2,1H3,(H,34,41)/t21-,23-,24-,25+,28-,31-/m0/s1. The fourth-order valence-corrected chi connectivity index (χ4v) is 7.75. The molecule has 13 nitrogen and oxygen atoms in total. The molecular weight excluding hydrogens is 602 g/mol. The second kappa shape index (κ2) is 13.7. The van der Waals surface area contributed by atoms with Gasteiger partial charge in [-0.3, -0.25) is 9.59 Å². The summed E-state index contributed by atoms with van der Waals surface area (Å²) in [5.74, 6) is -0.191. The molecule has 2 aromatic rings. The summed E-state index contributed by atoms with van der Waals surface area (Å²) >= 11 is 0. The number of carbonyl (C=O) groups is 2. The maximum absolute atomic E-state index is 13.2. The monoisotopic (exact) mass is 647 g/mol. The number of aliphatic hydroxyl groups is 5. The molecule has 2 aliphatic carbocycles. The maximum atomic E-state index is 13.2. The van der Waals surface area contributed by atoms with Crippen LogP contribution in [-0.4, -0.2) is 93.7 Å². The second-order valence-corrected chi connectivity index (χ2v) is 13.0. The zero-order valence-corrected chi connectivity index (χ0v) is 26.1. The first kappa shape index (κ1) is 33.0. The quantitative estimate of drug-likeness (QED) is 0.162. The zero-order chi connectivity index (χ0) is 32.6. The molecule has 0 radical (unpaired) electrons. The third-order valence-corrected chi connectivity index (χ3v) is 10.2. The van der Waals surface area contributed by atoms with E-state index < -0.39 is 48.4 Å². The van der Waals surface area contributed by atoms with Gasteiger partial charge in [-0.25, -0.2) is 0 Å². The Balaban J connectivity index is 1.47. The number of nitrogens with one attached hydrogen (secondary N) is 1. The molecule has 4 fully saturated rings. The van der Waals surface area contributed by atoms with Crippen molar-refractivity contribution >= 4 is 22.8 Å². The molecule has 6 atom stereocenters. The second-order valence-electron chi connectivity index (χ2n) is 13.0. The minimum atomic E-state index is -2.18. The number of aliphatic hydroxyl groups excluding tert-OH is 4. The highest BCUT2D eigenvalue weighted by molar-refractivity contribution is 5.93. The summed E-state index contributed by atoms with van der Waals surface area (Å²) in [6, 6.07) is 1.83. The number of fused-ring (bicyclic) bond motifs is 1. The molecule has 4 aliphatic rings. The Hall–Kier alpha value is -2.94. The Bertz CT molecular complexity index is 1390. The van der Waals surface area contributed by atoms with Gasteiger partial charge in [-0.15, -0.1) is 0 Å². The Labute approximate surface area is 266 Å². The number of ether oxygens (including phenoxy) is 4. The minimum absolute atomic E-state index is 0.00738. The molecule has 46 heavy (non-hydrogen) atoms. The van der Waals surface area contributed by atoms with Crippen LogP contribution in [0, 0.1) is 5.41 Å². The number of aryl methyl sites for hydroxylation is 1. The largest absolute Gasteiger partial charge is 0.483 e. The zero-order valence-electron chi connectivity index (χ0n) is 26.1. The van der Waals surface area contributed by atoms with Crippen LogP contribution in [0.4, 0.5) is 0 Å². The molecule has 2 aliphatic heterocycles. The maximum Gasteiger partial charge on any atom is 0.306 e. The Morgan fingerprint density at radius 2 is 1.76 bits per heavy atom. The van der Waals surface area contributed by atoms with Crippen molar-refractivity contribution in [2.75, 3.05) is 13.2 Å². The predicted octanol–water partition coefficient (Wildman–Crippen LogP) is 1.91. The van der Waals surface area contributed by atoms with Crippen molar-refractivity contribution in [1.29, 1.82) is 0 Å². The van der Waals surface area contributed by atoms with Crippen LogP contribution in [0.15, 0.2) is 16.7 Å². The highest BCUT2D eigenvalue weighted by Gasteiger charge is 2.53. The van der Waals surface area contributed by atoms with Gasteiger partial charge in [0, 0.05) is 29.8 Å². The van der Waals surface area contributed by atoms with Crippen LogP contribution >= 0.6 is 0 Å². The first-order valence-corrected chi connectivity index (χ1v) is 16.5. The van der Waals surface area contributed by atoms with Crippen LogP contribution in [0.25, 0.3) is 11.0 Å². The van der Waals surface area contributed by atoms with Gasteiger partial charge in [-0.1, -0.05) is 19.3 Å². The number of esters is 1. The van der Waals surface area contributed by atoms with Crippen molar-refractivity contribution in [1.82, 2.24) is 5.32 Å². The molecule has 0 unspecified atom stereocenters. The van der Waals surface area contributed by atoms with Gasteiger partial charge in [0.15, 0.2) is 17.6 Å². The van der Waals surface area contributed by atoms with Crippen molar-refractivity contribution < 1.29 is 58.5 Å². The van der Waals surface area contributed by atoms with Gasteiger partial charge >= 0.3 is 5.97 Å². The Morgan fingerprint density at radius 3 is 2.46 bits per heavy atom. The van der Waals surface area contributed by atoms with Gasteiger partial charge in [-0.05, 0) is 63.5 Å². The van der Waals surface area contributed by atoms with E-state index in [2.05, 4.69) is 5.32 Å². The highest BCUT2D eigenvalue weighted by atomic mass is 16.7. The number of hydrogen-bond acceptors (Lipinski definition) is 12. The van der Waals surface area contributed by atoms with E-state index in [0.29, 0.717) is 23.1 Å². The fraction of sp³-hybridized carbons (Fsp3) is 0.697. The van der Waals surface area contributed by atoms with Crippen LogP contribution in [-0.2, 0) is 25.5 Å². The molecule has 1 spiro atoms. The highest BCUT2D eigenvalue weighted by Crippen LogP contribution is 2.54. The molecule has 13 heteroatoms. The van der Waals surface area contributed by atoms with Crippen molar-refractivity contribution in [2.24, 2.45) is 5.41 Å². The van der Waals surface area contributed by atoms with Gasteiger partial charge in [0.05, 0.1) is 24.4 Å². The molecule has 1 amide bonds. The summed E-state index contributed by atoms with van der Waals surface area (Å²) in [7, 11) is 0. The van der Waals surface area contributed by atoms with E-state index in [1.54, 1.807) is 13.2 Å². The average Bonchev–Trinajstić information content (AvgIpc) is 3.78. The molecule has 3 heterocycles. The molecule has 1 aromatic heterocycles. The lowest BCUT2D eigenvalue weighted by Gasteiger charge is -2.41. The number of amides is 1. The summed E-state index contributed by atoms with van der Waals surface area (Å²) in [6.07, 6.45) is -1.18. The van der Waals surface area contributed by atoms with Gasteiger partial charge in [0.2, 0.25) is 17.9 Å². The fourth-order valence-electron chi connectivity index (χ4n) is 7.75. The van der Waals surface area contributed by atoms with E-state index in [4.69, 9.17) is 23.4 Å². The minimum Gasteiger partial charge on any atom is -0.483 e. The molecule has 254 valence electrons. The molecule has 2 saturated carbocycles. The summed E-state index contributed by atoms with van der Waals surface area (Å²) in [4.78, 5) is 25.7. The smallest absolute Gasteiger partial charge is 0.306 e. The number of benzene rings is 1. The summed E-state index contributed by atoms with van der Waals surface area (Å²) in [5, 5.41) is 55.1. The third-order valence-electron chi connectivity index (χ3n) is 10.2. The molecule has 2 saturated heterocycles. The topological polar surface area (TPSA) is 197 Å². The van der Waals surface area contributed by atoms with E-state index in [-0.39, 0.29) is 48.9 Å². The van der Waals surface area contributed by atoms with Crippen LogP contribution in [0.1, 0.15) is 88.2 Å². The lowest BCUT2D eigenvalue weighted by Crippen LogP contribution is -2.62.